The van der Waals surface area contributed by atoms with Gasteiger partial charge in [0.25, 0.3) is 5.91 Å². The van der Waals surface area contributed by atoms with Crippen LogP contribution in [0.1, 0.15) is 33.8 Å². The van der Waals surface area contributed by atoms with E-state index in [-0.39, 0.29) is 5.57 Å². The minimum Gasteiger partial charge on any atom is -0.318 e. The molecular weight excluding hydrogens is 368 g/mol. The van der Waals surface area contributed by atoms with Crippen LogP contribution in [0.15, 0.2) is 35.2 Å². The van der Waals surface area contributed by atoms with Crippen LogP contribution in [0.2, 0.25) is 0 Å². The van der Waals surface area contributed by atoms with Crippen LogP contribution in [0.4, 0.5) is 5.13 Å². The standard InChI is InChI=1S/C22H22N4OS/c1-13-7-6-8-20(16(13)4)26-15(3)9-18(17(26)5)10-19(11-23)21(27)25-22-24-14(2)12-28-22/h6-10,12H,1-5H3,(H,24,25,27)/b19-10-. The van der Waals surface area contributed by atoms with Crippen LogP contribution in [0, 0.1) is 45.9 Å². The molecule has 1 amide bonds. The summed E-state index contributed by atoms with van der Waals surface area (Å²) in [6.07, 6.45) is 1.64. The van der Waals surface area contributed by atoms with Gasteiger partial charge in [0.15, 0.2) is 5.13 Å². The van der Waals surface area contributed by atoms with Crippen molar-refractivity contribution in [1.29, 1.82) is 5.26 Å². The summed E-state index contributed by atoms with van der Waals surface area (Å²) in [6.45, 7) is 10.1. The molecule has 0 radical (unpaired) electrons. The smallest absolute Gasteiger partial charge is 0.268 e. The highest BCUT2D eigenvalue weighted by Gasteiger charge is 2.16. The van der Waals surface area contributed by atoms with E-state index in [0.717, 1.165) is 28.3 Å². The summed E-state index contributed by atoms with van der Waals surface area (Å²) in [6, 6.07) is 10.2. The fourth-order valence-corrected chi connectivity index (χ4v) is 3.85. The van der Waals surface area contributed by atoms with Crippen molar-refractivity contribution < 1.29 is 4.79 Å². The third-order valence-corrected chi connectivity index (χ3v) is 5.67. The van der Waals surface area contributed by atoms with Gasteiger partial charge < -0.3 is 4.57 Å². The molecule has 1 N–H and O–H groups in total. The van der Waals surface area contributed by atoms with E-state index < -0.39 is 5.91 Å². The Hall–Kier alpha value is -3.17. The monoisotopic (exact) mass is 390 g/mol. The molecule has 5 nitrogen and oxygen atoms in total. The number of anilines is 1. The number of rotatable bonds is 4. The highest BCUT2D eigenvalue weighted by molar-refractivity contribution is 7.13. The van der Waals surface area contributed by atoms with Gasteiger partial charge in [-0.2, -0.15) is 5.26 Å². The lowest BCUT2D eigenvalue weighted by Gasteiger charge is -2.14. The Morgan fingerprint density at radius 1 is 1.25 bits per heavy atom. The number of benzene rings is 1. The lowest BCUT2D eigenvalue weighted by Crippen LogP contribution is -2.13. The molecule has 3 rings (SSSR count). The number of hydrogen-bond donors (Lipinski definition) is 1. The molecule has 0 aliphatic heterocycles. The molecule has 0 atom stereocenters. The second kappa shape index (κ2) is 7.83. The van der Waals surface area contributed by atoms with Gasteiger partial charge in [0, 0.05) is 22.5 Å². The van der Waals surface area contributed by atoms with Gasteiger partial charge in [-0.25, -0.2) is 4.98 Å². The first-order valence-corrected chi connectivity index (χ1v) is 9.80. The molecule has 142 valence electrons. The van der Waals surface area contributed by atoms with Gasteiger partial charge >= 0.3 is 0 Å². The van der Waals surface area contributed by atoms with Gasteiger partial charge in [-0.15, -0.1) is 11.3 Å². The number of aryl methyl sites for hydroxylation is 3. The number of aromatic nitrogens is 2. The molecular formula is C22H22N4OS. The molecule has 2 heterocycles. The summed E-state index contributed by atoms with van der Waals surface area (Å²) in [4.78, 5) is 16.7. The molecule has 0 aliphatic rings. The number of hydrogen-bond acceptors (Lipinski definition) is 4. The van der Waals surface area contributed by atoms with Gasteiger partial charge in [-0.1, -0.05) is 12.1 Å². The summed E-state index contributed by atoms with van der Waals surface area (Å²) >= 11 is 1.34. The maximum Gasteiger partial charge on any atom is 0.268 e. The molecule has 2 aromatic heterocycles. The molecule has 3 aromatic rings. The quantitative estimate of drug-likeness (QED) is 0.502. The zero-order chi connectivity index (χ0) is 20.4. The lowest BCUT2D eigenvalue weighted by molar-refractivity contribution is -0.112. The van der Waals surface area contributed by atoms with E-state index in [9.17, 15) is 10.1 Å². The number of thiazole rings is 1. The van der Waals surface area contributed by atoms with Crippen molar-refractivity contribution in [2.45, 2.75) is 34.6 Å². The second-order valence-electron chi connectivity index (χ2n) is 6.80. The number of nitrogens with one attached hydrogen (secondary N) is 1. The Balaban J connectivity index is 1.98. The average Bonchev–Trinajstić information content (AvgIpc) is 3.18. The van der Waals surface area contributed by atoms with E-state index in [0.29, 0.717) is 5.13 Å². The number of carbonyl (C=O) groups is 1. The molecule has 0 bridgehead atoms. The maximum absolute atomic E-state index is 12.5. The first-order chi connectivity index (χ1) is 13.3. The summed E-state index contributed by atoms with van der Waals surface area (Å²) in [5, 5.41) is 14.5. The average molecular weight is 391 g/mol. The Morgan fingerprint density at radius 2 is 2.00 bits per heavy atom. The van der Waals surface area contributed by atoms with Gasteiger partial charge in [0.2, 0.25) is 0 Å². The van der Waals surface area contributed by atoms with Gasteiger partial charge in [0.1, 0.15) is 11.6 Å². The first-order valence-electron chi connectivity index (χ1n) is 8.92. The number of nitrogens with zero attached hydrogens (tertiary/aromatic N) is 3. The van der Waals surface area contributed by atoms with E-state index in [4.69, 9.17) is 0 Å². The third kappa shape index (κ3) is 3.75. The SMILES string of the molecule is Cc1csc(NC(=O)/C(C#N)=C\c2cc(C)n(-c3cccc(C)c3C)c2C)n1. The molecule has 0 spiro atoms. The fraction of sp³-hybridized carbons (Fsp3) is 0.227. The zero-order valence-corrected chi connectivity index (χ0v) is 17.4. The van der Waals surface area contributed by atoms with Crippen molar-refractivity contribution in [3.8, 4) is 11.8 Å². The second-order valence-corrected chi connectivity index (χ2v) is 7.66. The topological polar surface area (TPSA) is 70.7 Å². The van der Waals surface area contributed by atoms with Crippen molar-refractivity contribution in [3.63, 3.8) is 0 Å². The summed E-state index contributed by atoms with van der Waals surface area (Å²) < 4.78 is 2.16. The van der Waals surface area contributed by atoms with E-state index in [1.165, 1.54) is 22.5 Å². The summed E-state index contributed by atoms with van der Waals surface area (Å²) in [5.74, 6) is -0.451. The Labute approximate surface area is 169 Å². The molecule has 0 aliphatic carbocycles. The predicted molar refractivity (Wildman–Crippen MR) is 114 cm³/mol. The maximum atomic E-state index is 12.5. The first kappa shape index (κ1) is 19.6. The van der Waals surface area contributed by atoms with Crippen LogP contribution in [0.25, 0.3) is 11.8 Å². The minimum atomic E-state index is -0.451. The highest BCUT2D eigenvalue weighted by atomic mass is 32.1. The van der Waals surface area contributed by atoms with Crippen molar-refractivity contribution in [1.82, 2.24) is 9.55 Å². The largest absolute Gasteiger partial charge is 0.318 e. The molecule has 28 heavy (non-hydrogen) atoms. The van der Waals surface area contributed by atoms with E-state index in [2.05, 4.69) is 40.8 Å². The van der Waals surface area contributed by atoms with E-state index >= 15 is 0 Å². The van der Waals surface area contributed by atoms with Gasteiger partial charge in [-0.3, -0.25) is 10.1 Å². The molecule has 6 heteroatoms. The van der Waals surface area contributed by atoms with E-state index in [1.54, 1.807) is 6.08 Å². The minimum absolute atomic E-state index is 0.0501. The fourth-order valence-electron chi connectivity index (χ4n) is 3.16. The normalized spacial score (nSPS) is 11.4. The number of amides is 1. The van der Waals surface area contributed by atoms with Crippen LogP contribution in [-0.4, -0.2) is 15.5 Å². The molecule has 0 saturated heterocycles. The number of carbonyl (C=O) groups excluding carboxylic acids is 1. The molecule has 0 fully saturated rings. The zero-order valence-electron chi connectivity index (χ0n) is 16.6. The summed E-state index contributed by atoms with van der Waals surface area (Å²) in [5.41, 5.74) is 7.29. The predicted octanol–water partition coefficient (Wildman–Crippen LogP) is 5.02. The molecule has 0 unspecified atom stereocenters. The van der Waals surface area contributed by atoms with Crippen molar-refractivity contribution in [2.24, 2.45) is 0 Å². The highest BCUT2D eigenvalue weighted by Crippen LogP contribution is 2.26. The Morgan fingerprint density at radius 3 is 2.64 bits per heavy atom. The molecule has 0 saturated carbocycles. The lowest BCUT2D eigenvalue weighted by atomic mass is 10.1. The van der Waals surface area contributed by atoms with Gasteiger partial charge in [0.05, 0.1) is 5.69 Å². The van der Waals surface area contributed by atoms with Crippen LogP contribution in [0.5, 0.6) is 0 Å². The van der Waals surface area contributed by atoms with Crippen molar-refractivity contribution in [2.75, 3.05) is 5.32 Å². The van der Waals surface area contributed by atoms with Crippen LogP contribution in [-0.2, 0) is 4.79 Å². The third-order valence-electron chi connectivity index (χ3n) is 4.79. The van der Waals surface area contributed by atoms with Gasteiger partial charge in [-0.05, 0) is 69.5 Å². The van der Waals surface area contributed by atoms with E-state index in [1.807, 2.05) is 44.4 Å². The van der Waals surface area contributed by atoms with Crippen molar-refractivity contribution >= 4 is 28.5 Å². The van der Waals surface area contributed by atoms with Crippen molar-refractivity contribution in [3.05, 3.63) is 69.0 Å². The van der Waals surface area contributed by atoms with Crippen LogP contribution < -0.4 is 5.32 Å². The molecule has 1 aromatic carbocycles. The van der Waals surface area contributed by atoms with Crippen LogP contribution >= 0.6 is 11.3 Å². The summed E-state index contributed by atoms with van der Waals surface area (Å²) in [7, 11) is 0. The Kier molecular flexibility index (Phi) is 5.48. The number of nitriles is 1. The van der Waals surface area contributed by atoms with Crippen LogP contribution in [0.3, 0.4) is 0 Å². The Bertz CT molecular complexity index is 1130.